The van der Waals surface area contributed by atoms with Gasteiger partial charge in [0, 0.05) is 24.8 Å². The normalized spacial score (nSPS) is 19.5. The predicted octanol–water partition coefficient (Wildman–Crippen LogP) is 1.000. The standard InChI is InChI=1S/C18H27N3O3/c1-24-12-18(6-8-19-9-7-18)11-20-16(22)14-10-13-4-2-3-5-15(13)21-17(14)23/h10,19H,2-9,11-12H2,1H3,(H,20,22)(H,21,23). The monoisotopic (exact) mass is 333 g/mol. The van der Waals surface area contributed by atoms with Crippen LogP contribution in [0, 0.1) is 5.41 Å². The van der Waals surface area contributed by atoms with Crippen LogP contribution >= 0.6 is 0 Å². The van der Waals surface area contributed by atoms with Gasteiger partial charge in [0.1, 0.15) is 5.56 Å². The minimum atomic E-state index is -0.279. The van der Waals surface area contributed by atoms with E-state index in [0.29, 0.717) is 13.2 Å². The lowest BCUT2D eigenvalue weighted by atomic mass is 9.79. The Morgan fingerprint density at radius 3 is 2.79 bits per heavy atom. The molecule has 0 atom stereocenters. The molecule has 2 heterocycles. The topological polar surface area (TPSA) is 83.2 Å². The molecule has 3 rings (SSSR count). The number of aromatic nitrogens is 1. The summed E-state index contributed by atoms with van der Waals surface area (Å²) in [5.41, 5.74) is 2.02. The van der Waals surface area contributed by atoms with Crippen molar-refractivity contribution in [1.29, 1.82) is 0 Å². The molecule has 0 saturated carbocycles. The Morgan fingerprint density at radius 1 is 1.29 bits per heavy atom. The van der Waals surface area contributed by atoms with E-state index in [-0.39, 0.29) is 22.4 Å². The molecule has 1 amide bonds. The molecule has 0 unspecified atom stereocenters. The lowest BCUT2D eigenvalue weighted by Crippen LogP contribution is -2.47. The van der Waals surface area contributed by atoms with Crippen LogP contribution in [-0.2, 0) is 17.6 Å². The van der Waals surface area contributed by atoms with Crippen LogP contribution in [0.3, 0.4) is 0 Å². The van der Waals surface area contributed by atoms with Crippen molar-refractivity contribution in [3.05, 3.63) is 33.2 Å². The first kappa shape index (κ1) is 17.2. The summed E-state index contributed by atoms with van der Waals surface area (Å²) in [5, 5.41) is 6.31. The number of rotatable bonds is 5. The van der Waals surface area contributed by atoms with E-state index in [1.165, 1.54) is 0 Å². The van der Waals surface area contributed by atoms with Crippen molar-refractivity contribution in [2.75, 3.05) is 33.4 Å². The summed E-state index contributed by atoms with van der Waals surface area (Å²) < 4.78 is 5.37. The first-order valence-corrected chi connectivity index (χ1v) is 8.86. The van der Waals surface area contributed by atoms with Crippen LogP contribution in [0.1, 0.15) is 47.3 Å². The molecule has 1 fully saturated rings. The predicted molar refractivity (Wildman–Crippen MR) is 92.5 cm³/mol. The molecule has 1 aromatic heterocycles. The Kier molecular flexibility index (Phi) is 5.36. The number of fused-ring (bicyclic) bond motifs is 1. The molecule has 6 heteroatoms. The first-order chi connectivity index (χ1) is 11.6. The summed E-state index contributed by atoms with van der Waals surface area (Å²) in [4.78, 5) is 27.7. The van der Waals surface area contributed by atoms with Crippen molar-refractivity contribution in [3.8, 4) is 0 Å². The second kappa shape index (κ2) is 7.49. The van der Waals surface area contributed by atoms with E-state index in [0.717, 1.165) is 62.9 Å². The molecule has 2 aliphatic rings. The highest BCUT2D eigenvalue weighted by molar-refractivity contribution is 5.94. The third kappa shape index (κ3) is 3.70. The van der Waals surface area contributed by atoms with Crippen LogP contribution in [-0.4, -0.2) is 44.2 Å². The maximum Gasteiger partial charge on any atom is 0.261 e. The van der Waals surface area contributed by atoms with E-state index >= 15 is 0 Å². The van der Waals surface area contributed by atoms with Crippen molar-refractivity contribution >= 4 is 5.91 Å². The summed E-state index contributed by atoms with van der Waals surface area (Å²) in [6, 6.07) is 1.79. The zero-order valence-corrected chi connectivity index (χ0v) is 14.4. The van der Waals surface area contributed by atoms with Gasteiger partial charge >= 0.3 is 0 Å². The van der Waals surface area contributed by atoms with Gasteiger partial charge < -0.3 is 20.4 Å². The van der Waals surface area contributed by atoms with Crippen LogP contribution < -0.4 is 16.2 Å². The number of nitrogens with one attached hydrogen (secondary N) is 3. The van der Waals surface area contributed by atoms with E-state index in [4.69, 9.17) is 4.74 Å². The van der Waals surface area contributed by atoms with Gasteiger partial charge in [-0.3, -0.25) is 9.59 Å². The van der Waals surface area contributed by atoms with E-state index in [2.05, 4.69) is 15.6 Å². The molecule has 0 radical (unpaired) electrons. The van der Waals surface area contributed by atoms with E-state index in [1.807, 2.05) is 0 Å². The zero-order chi connectivity index (χ0) is 17.0. The average Bonchev–Trinajstić information content (AvgIpc) is 2.60. The quantitative estimate of drug-likeness (QED) is 0.751. The number of amides is 1. The van der Waals surface area contributed by atoms with Gasteiger partial charge in [-0.1, -0.05) is 0 Å². The average molecular weight is 333 g/mol. The summed E-state index contributed by atoms with van der Waals surface area (Å²) >= 11 is 0. The highest BCUT2D eigenvalue weighted by Gasteiger charge is 2.32. The highest BCUT2D eigenvalue weighted by atomic mass is 16.5. The van der Waals surface area contributed by atoms with Crippen LogP contribution in [0.25, 0.3) is 0 Å². The Morgan fingerprint density at radius 2 is 2.04 bits per heavy atom. The molecular formula is C18H27N3O3. The Labute approximate surface area is 142 Å². The molecular weight excluding hydrogens is 306 g/mol. The van der Waals surface area contributed by atoms with Gasteiger partial charge in [0.15, 0.2) is 0 Å². The fourth-order valence-electron chi connectivity index (χ4n) is 3.84. The fraction of sp³-hybridized carbons (Fsp3) is 0.667. The second-order valence-corrected chi connectivity index (χ2v) is 7.09. The summed E-state index contributed by atoms with van der Waals surface area (Å²) in [7, 11) is 1.69. The molecule has 1 aromatic rings. The van der Waals surface area contributed by atoms with Crippen molar-refractivity contribution < 1.29 is 9.53 Å². The van der Waals surface area contributed by atoms with Gasteiger partial charge in [0.25, 0.3) is 11.5 Å². The van der Waals surface area contributed by atoms with Crippen molar-refractivity contribution in [2.45, 2.75) is 38.5 Å². The number of carbonyl (C=O) groups is 1. The lowest BCUT2D eigenvalue weighted by molar-refractivity contribution is 0.0511. The highest BCUT2D eigenvalue weighted by Crippen LogP contribution is 2.28. The number of carbonyl (C=O) groups excluding carboxylic acids is 1. The fourth-order valence-corrected chi connectivity index (χ4v) is 3.84. The third-order valence-corrected chi connectivity index (χ3v) is 5.32. The molecule has 132 valence electrons. The maximum absolute atomic E-state index is 12.6. The lowest BCUT2D eigenvalue weighted by Gasteiger charge is -2.37. The smallest absolute Gasteiger partial charge is 0.261 e. The van der Waals surface area contributed by atoms with Crippen LogP contribution in [0.15, 0.2) is 10.9 Å². The molecule has 0 aromatic carbocycles. The molecule has 0 bridgehead atoms. The minimum absolute atomic E-state index is 0.0450. The molecule has 1 saturated heterocycles. The van der Waals surface area contributed by atoms with Gasteiger partial charge in [0.2, 0.25) is 0 Å². The van der Waals surface area contributed by atoms with E-state index in [1.54, 1.807) is 13.2 Å². The zero-order valence-electron chi connectivity index (χ0n) is 14.4. The number of hydrogen-bond donors (Lipinski definition) is 3. The number of pyridine rings is 1. The van der Waals surface area contributed by atoms with Crippen LogP contribution in [0.5, 0.6) is 0 Å². The molecule has 0 spiro atoms. The summed E-state index contributed by atoms with van der Waals surface area (Å²) in [6.45, 7) is 3.02. The number of ether oxygens (including phenoxy) is 1. The Bertz CT molecular complexity index is 642. The number of aromatic amines is 1. The van der Waals surface area contributed by atoms with E-state index < -0.39 is 0 Å². The van der Waals surface area contributed by atoms with E-state index in [9.17, 15) is 9.59 Å². The van der Waals surface area contributed by atoms with Gasteiger partial charge in [0.05, 0.1) is 6.61 Å². The molecule has 1 aliphatic carbocycles. The number of piperidine rings is 1. The third-order valence-electron chi connectivity index (χ3n) is 5.32. The maximum atomic E-state index is 12.6. The molecule has 24 heavy (non-hydrogen) atoms. The van der Waals surface area contributed by atoms with Gasteiger partial charge in [-0.05, 0) is 63.2 Å². The SMILES string of the molecule is COCC1(CNC(=O)c2cc3c([nH]c2=O)CCCC3)CCNCC1. The number of methoxy groups -OCH3 is 1. The molecule has 1 aliphatic heterocycles. The minimum Gasteiger partial charge on any atom is -0.384 e. The largest absolute Gasteiger partial charge is 0.384 e. The number of hydrogen-bond acceptors (Lipinski definition) is 4. The van der Waals surface area contributed by atoms with Crippen molar-refractivity contribution in [1.82, 2.24) is 15.6 Å². The van der Waals surface area contributed by atoms with Gasteiger partial charge in [-0.2, -0.15) is 0 Å². The number of H-pyrrole nitrogens is 1. The van der Waals surface area contributed by atoms with Crippen LogP contribution in [0.4, 0.5) is 0 Å². The Balaban J connectivity index is 1.71. The summed E-state index contributed by atoms with van der Waals surface area (Å²) in [5.74, 6) is -0.279. The summed E-state index contributed by atoms with van der Waals surface area (Å²) in [6.07, 6.45) is 5.97. The van der Waals surface area contributed by atoms with Crippen molar-refractivity contribution in [3.63, 3.8) is 0 Å². The van der Waals surface area contributed by atoms with Gasteiger partial charge in [-0.15, -0.1) is 0 Å². The number of aryl methyl sites for hydroxylation is 2. The van der Waals surface area contributed by atoms with Gasteiger partial charge in [-0.25, -0.2) is 0 Å². The van der Waals surface area contributed by atoms with Crippen LogP contribution in [0.2, 0.25) is 0 Å². The molecule has 3 N–H and O–H groups in total. The molecule has 6 nitrogen and oxygen atoms in total. The Hall–Kier alpha value is -1.66. The first-order valence-electron chi connectivity index (χ1n) is 8.86. The van der Waals surface area contributed by atoms with Crippen molar-refractivity contribution in [2.24, 2.45) is 5.41 Å². The second-order valence-electron chi connectivity index (χ2n) is 7.09.